The molecular formula is C26H25ClF3N3O2. The van der Waals surface area contributed by atoms with Crippen LogP contribution in [0.2, 0.25) is 5.02 Å². The van der Waals surface area contributed by atoms with Gasteiger partial charge >= 0.3 is 11.9 Å². The summed E-state index contributed by atoms with van der Waals surface area (Å²) in [6.45, 7) is 4.78. The van der Waals surface area contributed by atoms with Gasteiger partial charge in [-0.15, -0.1) is 0 Å². The van der Waals surface area contributed by atoms with Gasteiger partial charge in [0.15, 0.2) is 0 Å². The molecule has 3 aromatic rings. The zero-order valence-corrected chi connectivity index (χ0v) is 19.9. The van der Waals surface area contributed by atoms with Crippen LogP contribution in [0.4, 0.5) is 13.2 Å². The zero-order valence-electron chi connectivity index (χ0n) is 19.2. The molecule has 1 N–H and O–H groups in total. The molecule has 35 heavy (non-hydrogen) atoms. The van der Waals surface area contributed by atoms with Crippen molar-refractivity contribution in [1.82, 2.24) is 14.5 Å². The quantitative estimate of drug-likeness (QED) is 0.523. The molecule has 2 fully saturated rings. The highest BCUT2D eigenvalue weighted by molar-refractivity contribution is 6.30. The number of benzene rings is 2. The van der Waals surface area contributed by atoms with Gasteiger partial charge in [0.1, 0.15) is 0 Å². The number of nitrogens with one attached hydrogen (secondary N) is 1. The number of aromatic amines is 1. The Labute approximate surface area is 205 Å². The first-order chi connectivity index (χ1) is 16.6. The Morgan fingerprint density at radius 1 is 1.09 bits per heavy atom. The van der Waals surface area contributed by atoms with E-state index in [1.165, 1.54) is 16.7 Å². The van der Waals surface area contributed by atoms with Crippen LogP contribution in [-0.4, -0.2) is 34.1 Å². The lowest BCUT2D eigenvalue weighted by molar-refractivity contribution is -0.137. The van der Waals surface area contributed by atoms with Crippen LogP contribution < -0.4 is 11.2 Å². The van der Waals surface area contributed by atoms with Crippen molar-refractivity contribution >= 4 is 11.6 Å². The first kappa shape index (κ1) is 23.9. The summed E-state index contributed by atoms with van der Waals surface area (Å²) in [5.74, 6) is 0.453. The lowest BCUT2D eigenvalue weighted by Crippen LogP contribution is -2.32. The number of fused-ring (bicyclic) bond motifs is 1. The van der Waals surface area contributed by atoms with Crippen molar-refractivity contribution in [3.05, 3.63) is 91.2 Å². The zero-order chi connectivity index (χ0) is 25.0. The minimum atomic E-state index is -4.33. The number of likely N-dealkylation sites (tertiary alicyclic amines) is 1. The van der Waals surface area contributed by atoms with E-state index in [-0.39, 0.29) is 5.41 Å². The fourth-order valence-corrected chi connectivity index (χ4v) is 5.68. The number of rotatable bonds is 6. The third-order valence-corrected chi connectivity index (χ3v) is 7.60. The summed E-state index contributed by atoms with van der Waals surface area (Å²) >= 11 is 6.03. The number of hydrogen-bond acceptors (Lipinski definition) is 3. The van der Waals surface area contributed by atoms with E-state index >= 15 is 0 Å². The Hall–Kier alpha value is -2.84. The first-order valence-corrected chi connectivity index (χ1v) is 11.9. The molecule has 184 valence electrons. The highest BCUT2D eigenvalue weighted by Gasteiger charge is 2.60. The largest absolute Gasteiger partial charge is 0.416 e. The van der Waals surface area contributed by atoms with E-state index in [1.54, 1.807) is 36.5 Å². The van der Waals surface area contributed by atoms with Gasteiger partial charge in [-0.1, -0.05) is 29.8 Å². The maximum absolute atomic E-state index is 12.9. The maximum Gasteiger partial charge on any atom is 0.416 e. The molecule has 2 atom stereocenters. The molecular weight excluding hydrogens is 479 g/mol. The smallest absolute Gasteiger partial charge is 0.302 e. The third kappa shape index (κ3) is 4.57. The van der Waals surface area contributed by atoms with Crippen molar-refractivity contribution in [2.24, 2.45) is 5.92 Å². The van der Waals surface area contributed by atoms with E-state index < -0.39 is 23.0 Å². The fourth-order valence-electron chi connectivity index (χ4n) is 5.46. The van der Waals surface area contributed by atoms with Crippen LogP contribution in [0, 0.1) is 12.8 Å². The van der Waals surface area contributed by atoms with E-state index in [9.17, 15) is 22.8 Å². The topological polar surface area (TPSA) is 58.1 Å². The molecule has 0 unspecified atom stereocenters. The lowest BCUT2D eigenvalue weighted by Gasteiger charge is -2.21. The van der Waals surface area contributed by atoms with Crippen LogP contribution in [0.15, 0.2) is 58.3 Å². The molecule has 2 aromatic carbocycles. The molecule has 1 saturated carbocycles. The van der Waals surface area contributed by atoms with Crippen LogP contribution in [0.1, 0.15) is 29.5 Å². The maximum atomic E-state index is 12.9. The summed E-state index contributed by atoms with van der Waals surface area (Å²) in [6, 6.07) is 10.8. The Balaban J connectivity index is 1.24. The molecule has 1 aromatic heterocycles. The molecule has 2 aliphatic rings. The van der Waals surface area contributed by atoms with Crippen LogP contribution in [0.25, 0.3) is 11.1 Å². The molecule has 0 spiro atoms. The highest BCUT2D eigenvalue weighted by atomic mass is 35.5. The van der Waals surface area contributed by atoms with Crippen molar-refractivity contribution in [3.8, 4) is 11.1 Å². The van der Waals surface area contributed by atoms with Gasteiger partial charge < -0.3 is 4.90 Å². The SMILES string of the molecule is Cc1cc(Cl)ccc1-c1cn(CCCN2C[C@@H]3C[C@]3(c3ccc(C(F)(F)F)cc3)C2)c(=O)[nH]c1=O. The second kappa shape index (κ2) is 8.68. The number of alkyl halides is 3. The minimum absolute atomic E-state index is 0.0573. The lowest BCUT2D eigenvalue weighted by atomic mass is 9.94. The van der Waals surface area contributed by atoms with Crippen molar-refractivity contribution in [2.45, 2.75) is 37.9 Å². The summed E-state index contributed by atoms with van der Waals surface area (Å²) in [5.41, 5.74) is 1.40. The molecule has 0 amide bonds. The number of halogens is 4. The highest BCUT2D eigenvalue weighted by Crippen LogP contribution is 2.59. The average Bonchev–Trinajstić information content (AvgIpc) is 3.36. The molecule has 5 rings (SSSR count). The number of nitrogens with zero attached hydrogens (tertiary/aromatic N) is 2. The molecule has 2 heterocycles. The van der Waals surface area contributed by atoms with Gasteiger partial charge in [0.25, 0.3) is 5.56 Å². The Kier molecular flexibility index (Phi) is 5.92. The fraction of sp³-hybridized carbons (Fsp3) is 0.385. The first-order valence-electron chi connectivity index (χ1n) is 11.6. The molecule has 0 bridgehead atoms. The van der Waals surface area contributed by atoms with Crippen molar-refractivity contribution in [3.63, 3.8) is 0 Å². The van der Waals surface area contributed by atoms with Gasteiger partial charge in [-0.2, -0.15) is 13.2 Å². The van der Waals surface area contributed by atoms with Gasteiger partial charge in [-0.3, -0.25) is 14.3 Å². The number of aryl methyl sites for hydroxylation is 2. The Morgan fingerprint density at radius 2 is 1.83 bits per heavy atom. The van der Waals surface area contributed by atoms with Gasteiger partial charge in [0.05, 0.1) is 11.1 Å². The monoisotopic (exact) mass is 503 g/mol. The summed E-state index contributed by atoms with van der Waals surface area (Å²) < 4.78 is 40.2. The molecule has 5 nitrogen and oxygen atoms in total. The Morgan fingerprint density at radius 3 is 2.51 bits per heavy atom. The van der Waals surface area contributed by atoms with Crippen LogP contribution >= 0.6 is 11.6 Å². The second-order valence-electron chi connectivity index (χ2n) is 9.68. The van der Waals surface area contributed by atoms with E-state index in [4.69, 9.17) is 11.6 Å². The second-order valence-corrected chi connectivity index (χ2v) is 10.1. The average molecular weight is 504 g/mol. The van der Waals surface area contributed by atoms with E-state index in [2.05, 4.69) is 9.88 Å². The van der Waals surface area contributed by atoms with Gasteiger partial charge in [-0.25, -0.2) is 4.79 Å². The number of H-pyrrole nitrogens is 1. The van der Waals surface area contributed by atoms with Crippen molar-refractivity contribution < 1.29 is 13.2 Å². The van der Waals surface area contributed by atoms with Gasteiger partial charge in [0.2, 0.25) is 0 Å². The third-order valence-electron chi connectivity index (χ3n) is 7.37. The van der Waals surface area contributed by atoms with Crippen molar-refractivity contribution in [1.29, 1.82) is 0 Å². The molecule has 0 radical (unpaired) electrons. The molecule has 9 heteroatoms. The van der Waals surface area contributed by atoms with E-state index in [0.29, 0.717) is 29.5 Å². The van der Waals surface area contributed by atoms with E-state index in [0.717, 1.165) is 42.7 Å². The summed E-state index contributed by atoms with van der Waals surface area (Å²) in [5, 5.41) is 0.578. The molecule has 1 aliphatic carbocycles. The molecule has 1 saturated heterocycles. The number of hydrogen-bond donors (Lipinski definition) is 1. The number of piperidine rings is 1. The van der Waals surface area contributed by atoms with E-state index in [1.807, 2.05) is 6.92 Å². The number of aromatic nitrogens is 2. The summed E-state index contributed by atoms with van der Waals surface area (Å²) in [6.07, 6.45) is -1.02. The predicted octanol–water partition coefficient (Wildman–Crippen LogP) is 4.85. The van der Waals surface area contributed by atoms with Gasteiger partial charge in [-0.05, 0) is 73.2 Å². The molecule has 1 aliphatic heterocycles. The summed E-state index contributed by atoms with van der Waals surface area (Å²) in [4.78, 5) is 29.5. The van der Waals surface area contributed by atoms with Crippen LogP contribution in [0.3, 0.4) is 0 Å². The predicted molar refractivity (Wildman–Crippen MR) is 129 cm³/mol. The summed E-state index contributed by atoms with van der Waals surface area (Å²) in [7, 11) is 0. The Bertz CT molecular complexity index is 1380. The normalized spacial score (nSPS) is 21.8. The van der Waals surface area contributed by atoms with Gasteiger partial charge in [0, 0.05) is 36.3 Å². The standard InChI is InChI=1S/C26H25ClF3N3O2/c1-16-11-20(27)7-8-21(16)22-14-33(24(35)31-23(22)34)10-2-9-32-13-19-12-25(19,15-32)17-3-5-18(6-4-17)26(28,29)30/h3-8,11,14,19H,2,9-10,12-13,15H2,1H3,(H,31,34,35)/t19-,25+/m0/s1. The van der Waals surface area contributed by atoms with Crippen LogP contribution in [0.5, 0.6) is 0 Å². The minimum Gasteiger partial charge on any atom is -0.302 e. The van der Waals surface area contributed by atoms with Crippen molar-refractivity contribution in [2.75, 3.05) is 19.6 Å². The van der Waals surface area contributed by atoms with Crippen LogP contribution in [-0.2, 0) is 18.1 Å².